The van der Waals surface area contributed by atoms with Crippen LogP contribution in [-0.2, 0) is 0 Å². The van der Waals surface area contributed by atoms with Crippen molar-refractivity contribution in [3.63, 3.8) is 0 Å². The molecule has 2 nitrogen and oxygen atoms in total. The van der Waals surface area contributed by atoms with Gasteiger partial charge < -0.3 is 10.4 Å². The van der Waals surface area contributed by atoms with Crippen molar-refractivity contribution in [2.45, 2.75) is 6.10 Å². The molecule has 0 amide bonds. The van der Waals surface area contributed by atoms with Crippen LogP contribution in [0.2, 0.25) is 0 Å². The number of β-amino-alcohol motifs (C(OH)–C–C–N with tert-alkyl or cyclic N) is 1. The van der Waals surface area contributed by atoms with E-state index >= 15 is 0 Å². The molecule has 15 heavy (non-hydrogen) atoms. The summed E-state index contributed by atoms with van der Waals surface area (Å²) in [7, 11) is 0. The second-order valence-corrected chi connectivity index (χ2v) is 4.52. The van der Waals surface area contributed by atoms with Crippen molar-refractivity contribution < 1.29 is 5.11 Å². The summed E-state index contributed by atoms with van der Waals surface area (Å²) in [6, 6.07) is 7.86. The average Bonchev–Trinajstić information content (AvgIpc) is 2.63. The predicted molar refractivity (Wildman–Crippen MR) is 63.4 cm³/mol. The maximum Gasteiger partial charge on any atom is 0.0814 e. The van der Waals surface area contributed by atoms with Crippen LogP contribution in [0, 0.1) is 17.8 Å². The molecule has 1 aliphatic heterocycles. The monoisotopic (exact) mass is 265 g/mol. The zero-order chi connectivity index (χ0) is 10.7. The zero-order valence-corrected chi connectivity index (χ0v) is 9.79. The van der Waals surface area contributed by atoms with E-state index in [0.29, 0.717) is 6.54 Å². The van der Waals surface area contributed by atoms with E-state index in [1.165, 1.54) is 0 Å². The number of hydrogen-bond donors (Lipinski definition) is 2. The number of halogens is 1. The lowest BCUT2D eigenvalue weighted by Gasteiger charge is -2.03. The van der Waals surface area contributed by atoms with Gasteiger partial charge in [-0.2, -0.15) is 0 Å². The number of aliphatic hydroxyl groups is 1. The molecule has 0 saturated carbocycles. The molecule has 1 fully saturated rings. The van der Waals surface area contributed by atoms with Gasteiger partial charge in [0.05, 0.1) is 12.0 Å². The zero-order valence-electron chi connectivity index (χ0n) is 8.20. The highest BCUT2D eigenvalue weighted by molar-refractivity contribution is 9.10. The van der Waals surface area contributed by atoms with Crippen molar-refractivity contribution >= 4 is 15.9 Å². The molecular weight excluding hydrogens is 254 g/mol. The number of hydrogen-bond acceptors (Lipinski definition) is 2. The van der Waals surface area contributed by atoms with Crippen LogP contribution in [0.1, 0.15) is 5.56 Å². The van der Waals surface area contributed by atoms with Crippen LogP contribution in [0.25, 0.3) is 0 Å². The Hall–Kier alpha value is -0.820. The lowest BCUT2D eigenvalue weighted by Crippen LogP contribution is -2.16. The number of nitrogens with one attached hydrogen (secondary N) is 1. The molecule has 0 radical (unpaired) electrons. The van der Waals surface area contributed by atoms with Gasteiger partial charge in [0.2, 0.25) is 0 Å². The highest BCUT2D eigenvalue weighted by atomic mass is 79.9. The lowest BCUT2D eigenvalue weighted by atomic mass is 10.1. The summed E-state index contributed by atoms with van der Waals surface area (Å²) >= 11 is 3.37. The average molecular weight is 266 g/mol. The van der Waals surface area contributed by atoms with Crippen molar-refractivity contribution in [2.75, 3.05) is 13.1 Å². The Balaban J connectivity index is 2.07. The molecule has 1 saturated heterocycles. The summed E-state index contributed by atoms with van der Waals surface area (Å²) in [6.45, 7) is 1.43. The molecule has 0 aromatic heterocycles. The quantitative estimate of drug-likeness (QED) is 0.695. The minimum atomic E-state index is -0.326. The van der Waals surface area contributed by atoms with Gasteiger partial charge in [-0.05, 0) is 24.3 Å². The van der Waals surface area contributed by atoms with Crippen molar-refractivity contribution in [3.8, 4) is 11.8 Å². The topological polar surface area (TPSA) is 32.3 Å². The molecule has 0 spiro atoms. The van der Waals surface area contributed by atoms with E-state index in [1.54, 1.807) is 0 Å². The molecule has 0 unspecified atom stereocenters. The first-order valence-corrected chi connectivity index (χ1v) is 5.71. The van der Waals surface area contributed by atoms with Crippen molar-refractivity contribution in [3.05, 3.63) is 34.3 Å². The van der Waals surface area contributed by atoms with Crippen LogP contribution in [-0.4, -0.2) is 24.3 Å². The van der Waals surface area contributed by atoms with Crippen LogP contribution in [0.15, 0.2) is 28.7 Å². The Kier molecular flexibility index (Phi) is 3.42. The van der Waals surface area contributed by atoms with E-state index in [2.05, 4.69) is 33.1 Å². The fourth-order valence-corrected chi connectivity index (χ4v) is 1.79. The van der Waals surface area contributed by atoms with Gasteiger partial charge in [-0.25, -0.2) is 0 Å². The molecule has 2 rings (SSSR count). The Morgan fingerprint density at radius 2 is 2.00 bits per heavy atom. The first kappa shape index (κ1) is 10.7. The first-order chi connectivity index (χ1) is 7.25. The smallest absolute Gasteiger partial charge is 0.0814 e. The minimum Gasteiger partial charge on any atom is -0.390 e. The SMILES string of the molecule is O[C@@H]1CNC[C@H]1C#Cc1ccc(Br)cc1. The molecule has 3 heteroatoms. The molecule has 0 aliphatic carbocycles. The fraction of sp³-hybridized carbons (Fsp3) is 0.333. The van der Waals surface area contributed by atoms with Gasteiger partial charge in [-0.15, -0.1) is 0 Å². The molecule has 1 aromatic rings. The second kappa shape index (κ2) is 4.80. The van der Waals surface area contributed by atoms with E-state index in [0.717, 1.165) is 16.6 Å². The highest BCUT2D eigenvalue weighted by Gasteiger charge is 2.22. The Bertz CT molecular complexity index is 390. The Morgan fingerprint density at radius 1 is 1.27 bits per heavy atom. The number of benzene rings is 1. The van der Waals surface area contributed by atoms with Gasteiger partial charge in [0, 0.05) is 23.1 Å². The van der Waals surface area contributed by atoms with Crippen molar-refractivity contribution in [2.24, 2.45) is 5.92 Å². The Labute approximate surface area is 97.8 Å². The van der Waals surface area contributed by atoms with Crippen LogP contribution < -0.4 is 5.32 Å². The molecule has 1 aromatic carbocycles. The van der Waals surface area contributed by atoms with E-state index < -0.39 is 0 Å². The molecule has 1 heterocycles. The van der Waals surface area contributed by atoms with Crippen LogP contribution in [0.4, 0.5) is 0 Å². The summed E-state index contributed by atoms with van der Waals surface area (Å²) in [5, 5.41) is 12.6. The van der Waals surface area contributed by atoms with Gasteiger partial charge in [0.1, 0.15) is 0 Å². The maximum atomic E-state index is 9.54. The molecular formula is C12H12BrNO. The van der Waals surface area contributed by atoms with Crippen LogP contribution in [0.5, 0.6) is 0 Å². The third-order valence-electron chi connectivity index (χ3n) is 2.43. The van der Waals surface area contributed by atoms with E-state index in [-0.39, 0.29) is 12.0 Å². The van der Waals surface area contributed by atoms with E-state index in [9.17, 15) is 5.11 Å². The van der Waals surface area contributed by atoms with Gasteiger partial charge in [-0.1, -0.05) is 27.8 Å². The van der Waals surface area contributed by atoms with Gasteiger partial charge in [-0.3, -0.25) is 0 Å². The lowest BCUT2D eigenvalue weighted by molar-refractivity contribution is 0.171. The largest absolute Gasteiger partial charge is 0.390 e. The summed E-state index contributed by atoms with van der Waals surface area (Å²) in [5.41, 5.74) is 0.984. The normalized spacial score (nSPS) is 24.7. The first-order valence-electron chi connectivity index (χ1n) is 4.91. The van der Waals surface area contributed by atoms with Gasteiger partial charge >= 0.3 is 0 Å². The van der Waals surface area contributed by atoms with Gasteiger partial charge in [0.25, 0.3) is 0 Å². The molecule has 0 bridgehead atoms. The van der Waals surface area contributed by atoms with Crippen molar-refractivity contribution in [1.29, 1.82) is 0 Å². The fourth-order valence-electron chi connectivity index (χ4n) is 1.52. The third kappa shape index (κ3) is 2.82. The summed E-state index contributed by atoms with van der Waals surface area (Å²) in [6.07, 6.45) is -0.326. The molecule has 2 atom stereocenters. The predicted octanol–water partition coefficient (Wildman–Crippen LogP) is 1.38. The van der Waals surface area contributed by atoms with Crippen molar-refractivity contribution in [1.82, 2.24) is 5.32 Å². The Morgan fingerprint density at radius 3 is 2.60 bits per heavy atom. The molecule has 78 valence electrons. The number of rotatable bonds is 0. The van der Waals surface area contributed by atoms with Gasteiger partial charge in [0.15, 0.2) is 0 Å². The second-order valence-electron chi connectivity index (χ2n) is 3.61. The third-order valence-corrected chi connectivity index (χ3v) is 2.96. The summed E-state index contributed by atoms with van der Waals surface area (Å²) in [4.78, 5) is 0. The molecule has 2 N–H and O–H groups in total. The summed E-state index contributed by atoms with van der Waals surface area (Å²) < 4.78 is 1.05. The standard InChI is InChI=1S/C12H12BrNO/c13-11-5-2-9(3-6-11)1-4-10-7-14-8-12(10)15/h2-3,5-6,10,12,14-15H,7-8H2/t10-,12-/m1/s1. The number of aliphatic hydroxyl groups excluding tert-OH is 1. The van der Waals surface area contributed by atoms with Crippen LogP contribution in [0.3, 0.4) is 0 Å². The molecule has 1 aliphatic rings. The summed E-state index contributed by atoms with van der Waals surface area (Å²) in [5.74, 6) is 6.23. The van der Waals surface area contributed by atoms with E-state index in [1.807, 2.05) is 24.3 Å². The maximum absolute atomic E-state index is 9.54. The van der Waals surface area contributed by atoms with E-state index in [4.69, 9.17) is 0 Å². The minimum absolute atomic E-state index is 0.0636. The van der Waals surface area contributed by atoms with Crippen LogP contribution >= 0.6 is 15.9 Å². The highest BCUT2D eigenvalue weighted by Crippen LogP contribution is 2.11.